The zero-order chi connectivity index (χ0) is 16.9. The van der Waals surface area contributed by atoms with Crippen molar-refractivity contribution in [1.29, 1.82) is 0 Å². The second-order valence-corrected chi connectivity index (χ2v) is 7.00. The van der Waals surface area contributed by atoms with Crippen LogP contribution in [0.25, 0.3) is 0 Å². The summed E-state index contributed by atoms with van der Waals surface area (Å²) in [6.07, 6.45) is 7.72. The van der Waals surface area contributed by atoms with Crippen molar-refractivity contribution >= 4 is 17.5 Å². The van der Waals surface area contributed by atoms with Gasteiger partial charge in [0.2, 0.25) is 5.91 Å². The van der Waals surface area contributed by atoms with E-state index < -0.39 is 0 Å². The van der Waals surface area contributed by atoms with Crippen LogP contribution in [0.5, 0.6) is 0 Å². The molecule has 0 aromatic heterocycles. The van der Waals surface area contributed by atoms with Crippen molar-refractivity contribution < 1.29 is 9.59 Å². The van der Waals surface area contributed by atoms with Crippen LogP contribution in [0.3, 0.4) is 0 Å². The van der Waals surface area contributed by atoms with Gasteiger partial charge in [-0.15, -0.1) is 0 Å². The Morgan fingerprint density at radius 2 is 1.75 bits per heavy atom. The molecule has 1 aromatic rings. The third-order valence-electron chi connectivity index (χ3n) is 5.11. The predicted octanol–water partition coefficient (Wildman–Crippen LogP) is 2.78. The second-order valence-electron chi connectivity index (χ2n) is 7.00. The average Bonchev–Trinajstić information content (AvgIpc) is 3.04. The first-order valence-corrected chi connectivity index (χ1v) is 9.04. The number of hydrogen-bond donors (Lipinski definition) is 2. The van der Waals surface area contributed by atoms with Crippen molar-refractivity contribution in [2.24, 2.45) is 0 Å². The fourth-order valence-corrected chi connectivity index (χ4v) is 3.86. The average molecular weight is 329 g/mol. The molecule has 130 valence electrons. The van der Waals surface area contributed by atoms with Gasteiger partial charge in [-0.05, 0) is 43.5 Å². The number of benzene rings is 1. The molecule has 1 saturated heterocycles. The van der Waals surface area contributed by atoms with Gasteiger partial charge in [-0.3, -0.25) is 14.5 Å². The minimum absolute atomic E-state index is 0.0279. The topological polar surface area (TPSA) is 61.4 Å². The van der Waals surface area contributed by atoms with Gasteiger partial charge in [-0.1, -0.05) is 19.3 Å². The van der Waals surface area contributed by atoms with Crippen LogP contribution in [0.4, 0.5) is 5.69 Å². The lowest BCUT2D eigenvalue weighted by Crippen LogP contribution is -2.40. The molecule has 2 fully saturated rings. The highest BCUT2D eigenvalue weighted by molar-refractivity contribution is 5.95. The largest absolute Gasteiger partial charge is 0.348 e. The standard InChI is InChI=1S/C19H27N3O2/c1-14(23)20-16-9-7-15(8-10-16)19(24)21-17-11-12-22(13-17)18-5-3-2-4-6-18/h7-10,17-18H,2-6,11-13H2,1H3,(H,20,23)(H,21,24)/t17-/m1/s1. The SMILES string of the molecule is CC(=O)Nc1ccc(C(=O)N[C@@H]2CCN(C3CCCCC3)C2)cc1. The summed E-state index contributed by atoms with van der Waals surface area (Å²) < 4.78 is 0. The van der Waals surface area contributed by atoms with Gasteiger partial charge in [0.05, 0.1) is 0 Å². The van der Waals surface area contributed by atoms with Gasteiger partial charge >= 0.3 is 0 Å². The molecule has 1 heterocycles. The van der Waals surface area contributed by atoms with E-state index in [0.29, 0.717) is 11.3 Å². The molecule has 2 N–H and O–H groups in total. The summed E-state index contributed by atoms with van der Waals surface area (Å²) in [6.45, 7) is 3.54. The van der Waals surface area contributed by atoms with E-state index >= 15 is 0 Å². The summed E-state index contributed by atoms with van der Waals surface area (Å²) in [5.74, 6) is -0.138. The molecule has 5 heteroatoms. The molecule has 0 radical (unpaired) electrons. The molecular weight excluding hydrogens is 302 g/mol. The Balaban J connectivity index is 1.50. The summed E-state index contributed by atoms with van der Waals surface area (Å²) in [4.78, 5) is 26.0. The first kappa shape index (κ1) is 17.0. The quantitative estimate of drug-likeness (QED) is 0.893. The van der Waals surface area contributed by atoms with Crippen molar-refractivity contribution in [2.45, 2.75) is 57.5 Å². The first-order valence-electron chi connectivity index (χ1n) is 9.04. The molecule has 24 heavy (non-hydrogen) atoms. The van der Waals surface area contributed by atoms with Gasteiger partial charge in [0.15, 0.2) is 0 Å². The molecule has 1 aliphatic carbocycles. The number of hydrogen-bond acceptors (Lipinski definition) is 3. The van der Waals surface area contributed by atoms with E-state index in [2.05, 4.69) is 15.5 Å². The molecule has 1 atom stereocenters. The lowest BCUT2D eigenvalue weighted by atomic mass is 9.94. The minimum Gasteiger partial charge on any atom is -0.348 e. The van der Waals surface area contributed by atoms with Crippen LogP contribution in [-0.2, 0) is 4.79 Å². The maximum absolute atomic E-state index is 12.4. The molecule has 1 aliphatic heterocycles. The normalized spacial score (nSPS) is 22.3. The van der Waals surface area contributed by atoms with E-state index in [4.69, 9.17) is 0 Å². The number of nitrogens with zero attached hydrogens (tertiary/aromatic N) is 1. The summed E-state index contributed by atoms with van der Waals surface area (Å²) in [6, 6.07) is 8.01. The van der Waals surface area contributed by atoms with E-state index in [1.165, 1.54) is 39.0 Å². The van der Waals surface area contributed by atoms with Crippen molar-refractivity contribution in [1.82, 2.24) is 10.2 Å². The van der Waals surface area contributed by atoms with E-state index in [1.807, 2.05) is 0 Å². The Bertz CT molecular complexity index is 579. The number of anilines is 1. The van der Waals surface area contributed by atoms with E-state index in [0.717, 1.165) is 25.6 Å². The van der Waals surface area contributed by atoms with Crippen molar-refractivity contribution in [3.8, 4) is 0 Å². The maximum atomic E-state index is 12.4. The number of carbonyl (C=O) groups is 2. The summed E-state index contributed by atoms with van der Waals surface area (Å²) in [7, 11) is 0. The van der Waals surface area contributed by atoms with Gasteiger partial charge < -0.3 is 10.6 Å². The highest BCUT2D eigenvalue weighted by Crippen LogP contribution is 2.25. The fourth-order valence-electron chi connectivity index (χ4n) is 3.86. The van der Waals surface area contributed by atoms with Gasteiger partial charge in [0.1, 0.15) is 0 Å². The van der Waals surface area contributed by atoms with E-state index in [1.54, 1.807) is 24.3 Å². The number of nitrogens with one attached hydrogen (secondary N) is 2. The zero-order valence-electron chi connectivity index (χ0n) is 14.4. The highest BCUT2D eigenvalue weighted by atomic mass is 16.2. The van der Waals surface area contributed by atoms with E-state index in [-0.39, 0.29) is 17.9 Å². The lowest BCUT2D eigenvalue weighted by Gasteiger charge is -2.31. The molecule has 0 unspecified atom stereocenters. The predicted molar refractivity (Wildman–Crippen MR) is 95.1 cm³/mol. The van der Waals surface area contributed by atoms with Crippen LogP contribution < -0.4 is 10.6 Å². The van der Waals surface area contributed by atoms with Crippen LogP contribution in [0, 0.1) is 0 Å². The fraction of sp³-hybridized carbons (Fsp3) is 0.579. The van der Waals surface area contributed by atoms with Crippen molar-refractivity contribution in [2.75, 3.05) is 18.4 Å². The number of rotatable bonds is 4. The molecule has 1 aromatic carbocycles. The van der Waals surface area contributed by atoms with E-state index in [9.17, 15) is 9.59 Å². The Kier molecular flexibility index (Phi) is 5.51. The molecule has 1 saturated carbocycles. The molecule has 0 bridgehead atoms. The molecule has 5 nitrogen and oxygen atoms in total. The Hall–Kier alpha value is -1.88. The van der Waals surface area contributed by atoms with Gasteiger partial charge in [-0.25, -0.2) is 0 Å². The molecule has 3 rings (SSSR count). The molecule has 2 amide bonds. The van der Waals surface area contributed by atoms with Crippen molar-refractivity contribution in [3.63, 3.8) is 0 Å². The third-order valence-corrected chi connectivity index (χ3v) is 5.11. The summed E-state index contributed by atoms with van der Waals surface area (Å²) >= 11 is 0. The Morgan fingerprint density at radius 1 is 1.04 bits per heavy atom. The zero-order valence-corrected chi connectivity index (χ0v) is 14.4. The number of amides is 2. The molecular formula is C19H27N3O2. The van der Waals surface area contributed by atoms with Crippen molar-refractivity contribution in [3.05, 3.63) is 29.8 Å². The summed E-state index contributed by atoms with van der Waals surface area (Å²) in [5, 5.41) is 5.87. The highest BCUT2D eigenvalue weighted by Gasteiger charge is 2.29. The molecule has 2 aliphatic rings. The molecule has 0 spiro atoms. The van der Waals surface area contributed by atoms with Gasteiger partial charge in [0, 0.05) is 43.3 Å². The number of carbonyl (C=O) groups excluding carboxylic acids is 2. The van der Waals surface area contributed by atoms with Crippen LogP contribution in [-0.4, -0.2) is 41.9 Å². The first-order chi connectivity index (χ1) is 11.6. The maximum Gasteiger partial charge on any atom is 0.251 e. The third kappa shape index (κ3) is 4.35. The second kappa shape index (κ2) is 7.79. The minimum atomic E-state index is -0.110. The van der Waals surface area contributed by atoms with Gasteiger partial charge in [-0.2, -0.15) is 0 Å². The van der Waals surface area contributed by atoms with Crippen LogP contribution >= 0.6 is 0 Å². The monoisotopic (exact) mass is 329 g/mol. The lowest BCUT2D eigenvalue weighted by molar-refractivity contribution is -0.114. The van der Waals surface area contributed by atoms with Crippen LogP contribution in [0.15, 0.2) is 24.3 Å². The smallest absolute Gasteiger partial charge is 0.251 e. The summed E-state index contributed by atoms with van der Waals surface area (Å²) in [5.41, 5.74) is 1.35. The van der Waals surface area contributed by atoms with Crippen LogP contribution in [0.2, 0.25) is 0 Å². The Morgan fingerprint density at radius 3 is 2.42 bits per heavy atom. The Labute approximate surface area is 143 Å². The number of likely N-dealkylation sites (tertiary alicyclic amines) is 1. The van der Waals surface area contributed by atoms with Gasteiger partial charge in [0.25, 0.3) is 5.91 Å². The van der Waals surface area contributed by atoms with Crippen LogP contribution in [0.1, 0.15) is 55.8 Å².